The lowest BCUT2D eigenvalue weighted by Gasteiger charge is -2.34. The van der Waals surface area contributed by atoms with Crippen molar-refractivity contribution in [2.45, 2.75) is 25.1 Å². The Bertz CT molecular complexity index is 503. The Morgan fingerprint density at radius 3 is 3.05 bits per heavy atom. The third kappa shape index (κ3) is 4.53. The van der Waals surface area contributed by atoms with Gasteiger partial charge in [0, 0.05) is 58.0 Å². The topological polar surface area (TPSA) is 43.8 Å². The van der Waals surface area contributed by atoms with E-state index in [2.05, 4.69) is 44.9 Å². The van der Waals surface area contributed by atoms with E-state index in [0.717, 1.165) is 31.4 Å². The van der Waals surface area contributed by atoms with Gasteiger partial charge < -0.3 is 15.1 Å². The lowest BCUT2D eigenvalue weighted by molar-refractivity contribution is 0.408. The van der Waals surface area contributed by atoms with E-state index in [1.54, 1.807) is 0 Å². The molecule has 2 rings (SSSR count). The molecular formula is C16H27N5S. The normalized spacial score (nSPS) is 19.2. The Hall–Kier alpha value is -1.43. The number of thioether (sulfide) groups is 1. The van der Waals surface area contributed by atoms with Crippen LogP contribution in [0.5, 0.6) is 0 Å². The molecule has 1 unspecified atom stereocenters. The van der Waals surface area contributed by atoms with Crippen molar-refractivity contribution < 1.29 is 0 Å². The van der Waals surface area contributed by atoms with E-state index in [1.807, 2.05) is 38.3 Å². The molecule has 5 nitrogen and oxygen atoms in total. The number of rotatable bonds is 4. The molecule has 1 N–H and O–H groups in total. The number of pyridine rings is 1. The summed E-state index contributed by atoms with van der Waals surface area (Å²) < 4.78 is 0. The van der Waals surface area contributed by atoms with Crippen molar-refractivity contribution in [3.8, 4) is 0 Å². The predicted molar refractivity (Wildman–Crippen MR) is 96.9 cm³/mol. The molecule has 1 aromatic rings. The zero-order chi connectivity index (χ0) is 15.9. The predicted octanol–water partition coefficient (Wildman–Crippen LogP) is 2.05. The van der Waals surface area contributed by atoms with Crippen molar-refractivity contribution in [1.82, 2.24) is 15.2 Å². The lowest BCUT2D eigenvalue weighted by atomic mass is 10.2. The van der Waals surface area contributed by atoms with Crippen LogP contribution in [0.4, 0.5) is 5.82 Å². The molecule has 0 saturated carbocycles. The molecule has 0 aromatic carbocycles. The average molecular weight is 321 g/mol. The van der Waals surface area contributed by atoms with Gasteiger partial charge in [0.1, 0.15) is 5.82 Å². The molecule has 1 fully saturated rings. The average Bonchev–Trinajstić information content (AvgIpc) is 2.56. The van der Waals surface area contributed by atoms with Gasteiger partial charge in [0.05, 0.1) is 0 Å². The minimum absolute atomic E-state index is 0.716. The highest BCUT2D eigenvalue weighted by atomic mass is 32.2. The third-order valence-corrected chi connectivity index (χ3v) is 5.20. The monoisotopic (exact) mass is 321 g/mol. The van der Waals surface area contributed by atoms with Crippen LogP contribution in [-0.2, 0) is 6.54 Å². The highest BCUT2D eigenvalue weighted by Crippen LogP contribution is 2.21. The molecule has 22 heavy (non-hydrogen) atoms. The molecule has 1 atom stereocenters. The summed E-state index contributed by atoms with van der Waals surface area (Å²) in [7, 11) is 5.88. The van der Waals surface area contributed by atoms with Gasteiger partial charge in [-0.05, 0) is 24.1 Å². The van der Waals surface area contributed by atoms with E-state index in [4.69, 9.17) is 0 Å². The molecule has 6 heteroatoms. The van der Waals surface area contributed by atoms with E-state index in [-0.39, 0.29) is 0 Å². The first-order valence-corrected chi connectivity index (χ1v) is 8.88. The van der Waals surface area contributed by atoms with Crippen molar-refractivity contribution in [3.63, 3.8) is 0 Å². The fourth-order valence-electron chi connectivity index (χ4n) is 2.49. The number of nitrogens with zero attached hydrogens (tertiary/aromatic N) is 4. The first-order valence-electron chi connectivity index (χ1n) is 7.83. The maximum atomic E-state index is 4.45. The van der Waals surface area contributed by atoms with Crippen LogP contribution in [0.2, 0.25) is 0 Å². The second-order valence-corrected chi connectivity index (χ2v) is 7.07. The molecule has 1 aromatic heterocycles. The molecule has 0 amide bonds. The summed E-state index contributed by atoms with van der Waals surface area (Å²) in [5.74, 6) is 3.16. The Labute approximate surface area is 138 Å². The van der Waals surface area contributed by atoms with Gasteiger partial charge in [-0.15, -0.1) is 0 Å². The number of anilines is 1. The summed E-state index contributed by atoms with van der Waals surface area (Å²) in [6.45, 7) is 5.19. The zero-order valence-electron chi connectivity index (χ0n) is 14.0. The van der Waals surface area contributed by atoms with Crippen LogP contribution < -0.4 is 10.2 Å². The molecule has 0 bridgehead atoms. The lowest BCUT2D eigenvalue weighted by Crippen LogP contribution is -2.47. The summed E-state index contributed by atoms with van der Waals surface area (Å²) in [4.78, 5) is 13.2. The highest BCUT2D eigenvalue weighted by Gasteiger charge is 2.21. The van der Waals surface area contributed by atoms with Crippen molar-refractivity contribution in [3.05, 3.63) is 23.9 Å². The smallest absolute Gasteiger partial charge is 0.193 e. The number of aromatic nitrogens is 1. The summed E-state index contributed by atoms with van der Waals surface area (Å²) in [5, 5.41) is 4.20. The second-order valence-electron chi connectivity index (χ2n) is 5.66. The number of nitrogens with one attached hydrogen (secondary N) is 1. The Kier molecular flexibility index (Phi) is 6.36. The standard InChI is InChI=1S/C16H27N5S/c1-5-14-12-21(8-9-22-14)16(17-2)19-11-13-6-7-18-15(10-13)20(3)4/h6-7,10,14H,5,8-9,11-12H2,1-4H3,(H,17,19). The molecular weight excluding hydrogens is 294 g/mol. The van der Waals surface area contributed by atoms with E-state index >= 15 is 0 Å². The van der Waals surface area contributed by atoms with Crippen molar-refractivity contribution >= 4 is 23.5 Å². The van der Waals surface area contributed by atoms with E-state index in [1.165, 1.54) is 17.7 Å². The van der Waals surface area contributed by atoms with Crippen molar-refractivity contribution in [2.75, 3.05) is 44.9 Å². The summed E-state index contributed by atoms with van der Waals surface area (Å²) in [6.07, 6.45) is 3.08. The first-order chi connectivity index (χ1) is 10.6. The van der Waals surface area contributed by atoms with Crippen LogP contribution in [0.3, 0.4) is 0 Å². The number of hydrogen-bond donors (Lipinski definition) is 1. The van der Waals surface area contributed by atoms with Crippen LogP contribution in [-0.4, -0.2) is 61.1 Å². The van der Waals surface area contributed by atoms with Gasteiger partial charge in [-0.2, -0.15) is 11.8 Å². The first kappa shape index (κ1) is 16.9. The Morgan fingerprint density at radius 2 is 2.36 bits per heavy atom. The van der Waals surface area contributed by atoms with Gasteiger partial charge >= 0.3 is 0 Å². The molecule has 0 radical (unpaired) electrons. The largest absolute Gasteiger partial charge is 0.363 e. The molecule has 1 saturated heterocycles. The number of guanidine groups is 1. The molecule has 2 heterocycles. The summed E-state index contributed by atoms with van der Waals surface area (Å²) >= 11 is 2.08. The van der Waals surface area contributed by atoms with Crippen LogP contribution in [0.15, 0.2) is 23.3 Å². The fraction of sp³-hybridized carbons (Fsp3) is 0.625. The van der Waals surface area contributed by atoms with Gasteiger partial charge in [-0.3, -0.25) is 4.99 Å². The van der Waals surface area contributed by atoms with Gasteiger partial charge in [0.15, 0.2) is 5.96 Å². The maximum Gasteiger partial charge on any atom is 0.193 e. The number of aliphatic imine (C=N–C) groups is 1. The second kappa shape index (κ2) is 8.27. The van der Waals surface area contributed by atoms with Gasteiger partial charge in [0.25, 0.3) is 0 Å². The minimum atomic E-state index is 0.716. The minimum Gasteiger partial charge on any atom is -0.363 e. The molecule has 1 aliphatic rings. The van der Waals surface area contributed by atoms with Gasteiger partial charge in [-0.1, -0.05) is 6.92 Å². The molecule has 122 valence electrons. The van der Waals surface area contributed by atoms with E-state index in [0.29, 0.717) is 5.25 Å². The van der Waals surface area contributed by atoms with Crippen LogP contribution in [0.25, 0.3) is 0 Å². The quantitative estimate of drug-likeness (QED) is 0.679. The van der Waals surface area contributed by atoms with E-state index < -0.39 is 0 Å². The summed E-state index contributed by atoms with van der Waals surface area (Å²) in [6, 6.07) is 4.16. The van der Waals surface area contributed by atoms with Crippen LogP contribution >= 0.6 is 11.8 Å². The van der Waals surface area contributed by atoms with E-state index in [9.17, 15) is 0 Å². The Morgan fingerprint density at radius 1 is 1.55 bits per heavy atom. The molecule has 0 spiro atoms. The number of hydrogen-bond acceptors (Lipinski definition) is 4. The Balaban J connectivity index is 1.95. The molecule has 1 aliphatic heterocycles. The SMILES string of the molecule is CCC1CN(C(=NC)NCc2ccnc(N(C)C)c2)CCS1. The maximum absolute atomic E-state index is 4.45. The van der Waals surface area contributed by atoms with Gasteiger partial charge in [-0.25, -0.2) is 4.98 Å². The van der Waals surface area contributed by atoms with Gasteiger partial charge in [0.2, 0.25) is 0 Å². The zero-order valence-corrected chi connectivity index (χ0v) is 14.9. The third-order valence-electron chi connectivity index (χ3n) is 3.82. The fourth-order valence-corrected chi connectivity index (χ4v) is 3.67. The van der Waals surface area contributed by atoms with Crippen molar-refractivity contribution in [1.29, 1.82) is 0 Å². The van der Waals surface area contributed by atoms with Crippen LogP contribution in [0, 0.1) is 0 Å². The summed E-state index contributed by atoms with van der Waals surface area (Å²) in [5.41, 5.74) is 1.22. The molecule has 0 aliphatic carbocycles. The highest BCUT2D eigenvalue weighted by molar-refractivity contribution is 8.00. The van der Waals surface area contributed by atoms with Crippen LogP contribution in [0.1, 0.15) is 18.9 Å². The van der Waals surface area contributed by atoms with Crippen molar-refractivity contribution in [2.24, 2.45) is 4.99 Å².